The Morgan fingerprint density at radius 3 is 2.64 bits per heavy atom. The molecule has 0 aromatic heterocycles. The third-order valence-electron chi connectivity index (χ3n) is 3.32. The minimum absolute atomic E-state index is 0.00324. The van der Waals surface area contributed by atoms with Crippen LogP contribution < -0.4 is 16.0 Å². The zero-order valence-corrected chi connectivity index (χ0v) is 12.6. The Kier molecular flexibility index (Phi) is 5.52. The Bertz CT molecular complexity index is 568. The molecule has 3 N–H and O–H groups in total. The highest BCUT2D eigenvalue weighted by Crippen LogP contribution is 2.30. The molecule has 0 spiro atoms. The van der Waals surface area contributed by atoms with Gasteiger partial charge in [0.1, 0.15) is 0 Å². The summed E-state index contributed by atoms with van der Waals surface area (Å²) in [4.78, 5) is 35.2. The average molecular weight is 303 g/mol. The molecule has 1 aromatic carbocycles. The molecule has 1 aliphatic rings. The second-order valence-electron chi connectivity index (χ2n) is 5.38. The molecule has 0 aliphatic heterocycles. The zero-order valence-electron chi connectivity index (χ0n) is 12.6. The van der Waals surface area contributed by atoms with Crippen molar-refractivity contribution < 1.29 is 14.4 Å². The maximum atomic E-state index is 12.0. The fourth-order valence-corrected chi connectivity index (χ4v) is 1.92. The van der Waals surface area contributed by atoms with E-state index in [4.69, 9.17) is 0 Å². The minimum Gasteiger partial charge on any atom is -0.355 e. The maximum absolute atomic E-state index is 12.0. The van der Waals surface area contributed by atoms with Gasteiger partial charge in [0.2, 0.25) is 11.8 Å². The predicted molar refractivity (Wildman–Crippen MR) is 83.4 cm³/mol. The van der Waals surface area contributed by atoms with Gasteiger partial charge in [-0.1, -0.05) is 13.0 Å². The van der Waals surface area contributed by atoms with Crippen molar-refractivity contribution in [3.05, 3.63) is 29.8 Å². The van der Waals surface area contributed by atoms with Gasteiger partial charge in [-0.25, -0.2) is 0 Å². The largest absolute Gasteiger partial charge is 0.355 e. The number of amides is 3. The van der Waals surface area contributed by atoms with Crippen LogP contribution in [0.4, 0.5) is 5.69 Å². The summed E-state index contributed by atoms with van der Waals surface area (Å²) in [5.41, 5.74) is 1.01. The smallest absolute Gasteiger partial charge is 0.251 e. The average Bonchev–Trinajstić information content (AvgIpc) is 3.35. The Balaban J connectivity index is 1.86. The van der Waals surface area contributed by atoms with Gasteiger partial charge in [-0.15, -0.1) is 0 Å². The van der Waals surface area contributed by atoms with Crippen molar-refractivity contribution in [2.24, 2.45) is 5.92 Å². The summed E-state index contributed by atoms with van der Waals surface area (Å²) in [6.45, 7) is 2.50. The lowest BCUT2D eigenvalue weighted by atomic mass is 10.2. The van der Waals surface area contributed by atoms with Gasteiger partial charge in [0.05, 0.1) is 6.54 Å². The highest BCUT2D eigenvalue weighted by atomic mass is 16.2. The van der Waals surface area contributed by atoms with Gasteiger partial charge in [0.25, 0.3) is 5.91 Å². The monoisotopic (exact) mass is 303 g/mol. The second-order valence-corrected chi connectivity index (χ2v) is 5.38. The van der Waals surface area contributed by atoms with Crippen molar-refractivity contribution in [1.82, 2.24) is 10.6 Å². The van der Waals surface area contributed by atoms with Gasteiger partial charge < -0.3 is 16.0 Å². The van der Waals surface area contributed by atoms with Crippen molar-refractivity contribution in [2.45, 2.75) is 26.2 Å². The summed E-state index contributed by atoms with van der Waals surface area (Å²) in [5.74, 6) is -0.446. The summed E-state index contributed by atoms with van der Waals surface area (Å²) >= 11 is 0. The van der Waals surface area contributed by atoms with E-state index < -0.39 is 0 Å². The van der Waals surface area contributed by atoms with E-state index in [1.807, 2.05) is 6.92 Å². The number of anilines is 1. The Hall–Kier alpha value is -2.37. The second kappa shape index (κ2) is 7.59. The lowest BCUT2D eigenvalue weighted by Gasteiger charge is -2.08. The van der Waals surface area contributed by atoms with E-state index in [1.165, 1.54) is 0 Å². The van der Waals surface area contributed by atoms with Gasteiger partial charge in [0, 0.05) is 23.7 Å². The van der Waals surface area contributed by atoms with Crippen molar-refractivity contribution in [3.8, 4) is 0 Å². The molecule has 3 amide bonds. The summed E-state index contributed by atoms with van der Waals surface area (Å²) < 4.78 is 0. The third kappa shape index (κ3) is 4.87. The van der Waals surface area contributed by atoms with E-state index in [9.17, 15) is 14.4 Å². The molecule has 0 atom stereocenters. The molecule has 0 heterocycles. The van der Waals surface area contributed by atoms with Crippen LogP contribution in [0.1, 0.15) is 36.5 Å². The molecule has 22 heavy (non-hydrogen) atoms. The van der Waals surface area contributed by atoms with E-state index in [1.54, 1.807) is 24.3 Å². The Morgan fingerprint density at radius 1 is 1.18 bits per heavy atom. The quantitative estimate of drug-likeness (QED) is 0.709. The van der Waals surface area contributed by atoms with Crippen molar-refractivity contribution in [1.29, 1.82) is 0 Å². The predicted octanol–water partition coefficient (Wildman–Crippen LogP) is 1.29. The molecule has 2 rings (SSSR count). The molecule has 6 nitrogen and oxygen atoms in total. The van der Waals surface area contributed by atoms with E-state index in [2.05, 4.69) is 16.0 Å². The Labute approximate surface area is 129 Å². The minimum atomic E-state index is -0.339. The van der Waals surface area contributed by atoms with Crippen molar-refractivity contribution in [2.75, 3.05) is 18.4 Å². The van der Waals surface area contributed by atoms with Gasteiger partial charge in [-0.3, -0.25) is 14.4 Å². The standard InChI is InChI=1S/C16H21N3O3/c1-2-8-17-14(20)10-18-15(21)12-4-3-5-13(9-12)19-16(22)11-6-7-11/h3-5,9,11H,2,6-8,10H2,1H3,(H,17,20)(H,18,21)(H,19,22). The normalized spacial score (nSPS) is 13.3. The summed E-state index contributed by atoms with van der Waals surface area (Å²) in [5, 5.41) is 8.04. The number of benzene rings is 1. The van der Waals surface area contributed by atoms with Crippen LogP contribution in [0, 0.1) is 5.92 Å². The fraction of sp³-hybridized carbons (Fsp3) is 0.438. The van der Waals surface area contributed by atoms with Crippen LogP contribution >= 0.6 is 0 Å². The van der Waals surface area contributed by atoms with Gasteiger partial charge in [0.15, 0.2) is 0 Å². The van der Waals surface area contributed by atoms with E-state index >= 15 is 0 Å². The molecular weight excluding hydrogens is 282 g/mol. The van der Waals surface area contributed by atoms with Crippen LogP contribution in [-0.4, -0.2) is 30.8 Å². The maximum Gasteiger partial charge on any atom is 0.251 e. The molecule has 0 unspecified atom stereocenters. The topological polar surface area (TPSA) is 87.3 Å². The number of carbonyl (C=O) groups excluding carboxylic acids is 3. The fourth-order valence-electron chi connectivity index (χ4n) is 1.92. The molecule has 1 fully saturated rings. The molecular formula is C16H21N3O3. The number of hydrogen-bond donors (Lipinski definition) is 3. The first-order valence-electron chi connectivity index (χ1n) is 7.56. The molecule has 0 bridgehead atoms. The number of hydrogen-bond acceptors (Lipinski definition) is 3. The van der Waals surface area contributed by atoms with Crippen molar-refractivity contribution >= 4 is 23.4 Å². The first kappa shape index (κ1) is 16.0. The van der Waals surface area contributed by atoms with Gasteiger partial charge in [-0.05, 0) is 37.5 Å². The van der Waals surface area contributed by atoms with E-state index in [0.29, 0.717) is 17.8 Å². The van der Waals surface area contributed by atoms with Crippen LogP contribution in [0.2, 0.25) is 0 Å². The van der Waals surface area contributed by atoms with Gasteiger partial charge >= 0.3 is 0 Å². The summed E-state index contributed by atoms with van der Waals surface area (Å²) in [7, 11) is 0. The molecule has 6 heteroatoms. The molecule has 0 saturated heterocycles. The lowest BCUT2D eigenvalue weighted by molar-refractivity contribution is -0.120. The third-order valence-corrected chi connectivity index (χ3v) is 3.32. The van der Waals surface area contributed by atoms with Crippen LogP contribution in [-0.2, 0) is 9.59 Å². The SMILES string of the molecule is CCCNC(=O)CNC(=O)c1cccc(NC(=O)C2CC2)c1. The van der Waals surface area contributed by atoms with Crippen molar-refractivity contribution in [3.63, 3.8) is 0 Å². The molecule has 1 aliphatic carbocycles. The molecule has 1 aromatic rings. The molecule has 118 valence electrons. The van der Waals surface area contributed by atoms with Crippen LogP contribution in [0.3, 0.4) is 0 Å². The van der Waals surface area contributed by atoms with Crippen LogP contribution in [0.15, 0.2) is 24.3 Å². The molecule has 1 saturated carbocycles. The van der Waals surface area contributed by atoms with E-state index in [-0.39, 0.29) is 30.2 Å². The zero-order chi connectivity index (χ0) is 15.9. The van der Waals surface area contributed by atoms with E-state index in [0.717, 1.165) is 19.3 Å². The van der Waals surface area contributed by atoms with Gasteiger partial charge in [-0.2, -0.15) is 0 Å². The first-order valence-corrected chi connectivity index (χ1v) is 7.56. The van der Waals surface area contributed by atoms with Crippen LogP contribution in [0.25, 0.3) is 0 Å². The molecule has 0 radical (unpaired) electrons. The number of carbonyl (C=O) groups is 3. The lowest BCUT2D eigenvalue weighted by Crippen LogP contribution is -2.37. The Morgan fingerprint density at radius 2 is 1.95 bits per heavy atom. The summed E-state index contributed by atoms with van der Waals surface area (Å²) in [6.07, 6.45) is 2.71. The highest BCUT2D eigenvalue weighted by molar-refractivity contribution is 5.99. The number of rotatable bonds is 7. The summed E-state index contributed by atoms with van der Waals surface area (Å²) in [6, 6.07) is 6.70. The highest BCUT2D eigenvalue weighted by Gasteiger charge is 2.29. The van der Waals surface area contributed by atoms with Crippen LogP contribution in [0.5, 0.6) is 0 Å². The number of nitrogens with one attached hydrogen (secondary N) is 3. The first-order chi connectivity index (χ1) is 10.6.